The number of halogens is 2. The third kappa shape index (κ3) is 4.84. The molecule has 0 saturated heterocycles. The van der Waals surface area contributed by atoms with Crippen LogP contribution in [0.5, 0.6) is 11.5 Å². The summed E-state index contributed by atoms with van der Waals surface area (Å²) in [5, 5.41) is 5.88. The molecule has 0 aliphatic carbocycles. The number of nitrogens with one attached hydrogen (secondary N) is 2. The van der Waals surface area contributed by atoms with Crippen LogP contribution in [-0.2, 0) is 0 Å². The summed E-state index contributed by atoms with van der Waals surface area (Å²) in [5.74, 6) is 0.810. The number of rotatable bonds is 6. The highest BCUT2D eigenvalue weighted by Crippen LogP contribution is 2.24. The molecule has 29 heavy (non-hydrogen) atoms. The molecule has 144 valence electrons. The molecule has 1 aromatic heterocycles. The van der Waals surface area contributed by atoms with E-state index in [1.165, 1.54) is 18.3 Å². The van der Waals surface area contributed by atoms with Crippen LogP contribution in [0.15, 0.2) is 85.1 Å². The zero-order valence-corrected chi connectivity index (χ0v) is 15.1. The standard InChI is InChI=1S/C22H16F2N4O/c23-15-6-11-20(19(24)14-15)27-21-12-13-25-22(28-21)26-16-7-9-18(10-8-16)29-17-4-2-1-3-5-17/h1-14H,(H2,25,26,27,28). The first-order valence-corrected chi connectivity index (χ1v) is 8.81. The lowest BCUT2D eigenvalue weighted by Crippen LogP contribution is -2.01. The first-order valence-electron chi connectivity index (χ1n) is 8.81. The summed E-state index contributed by atoms with van der Waals surface area (Å²) < 4.78 is 32.6. The quantitative estimate of drug-likeness (QED) is 0.421. The van der Waals surface area contributed by atoms with E-state index in [1.807, 2.05) is 54.6 Å². The van der Waals surface area contributed by atoms with E-state index in [4.69, 9.17) is 4.74 Å². The second kappa shape index (κ2) is 8.35. The summed E-state index contributed by atoms with van der Waals surface area (Å²) in [6.07, 6.45) is 1.53. The molecule has 2 N–H and O–H groups in total. The largest absolute Gasteiger partial charge is 0.457 e. The summed E-state index contributed by atoms with van der Waals surface area (Å²) in [7, 11) is 0. The van der Waals surface area contributed by atoms with Crippen molar-refractivity contribution in [1.82, 2.24) is 9.97 Å². The van der Waals surface area contributed by atoms with E-state index in [0.29, 0.717) is 17.5 Å². The van der Waals surface area contributed by atoms with Crippen molar-refractivity contribution in [2.45, 2.75) is 0 Å². The van der Waals surface area contributed by atoms with E-state index in [0.717, 1.165) is 17.5 Å². The predicted octanol–water partition coefficient (Wildman–Crippen LogP) is 6.03. The average molecular weight is 390 g/mol. The van der Waals surface area contributed by atoms with E-state index in [9.17, 15) is 8.78 Å². The number of benzene rings is 3. The number of hydrogen-bond donors (Lipinski definition) is 2. The molecule has 7 heteroatoms. The van der Waals surface area contributed by atoms with E-state index < -0.39 is 11.6 Å². The van der Waals surface area contributed by atoms with Crippen LogP contribution in [0, 0.1) is 11.6 Å². The second-order valence-electron chi connectivity index (χ2n) is 6.08. The van der Waals surface area contributed by atoms with Crippen LogP contribution in [0.1, 0.15) is 0 Å². The number of hydrogen-bond acceptors (Lipinski definition) is 5. The Labute approximate surface area is 166 Å². The summed E-state index contributed by atoms with van der Waals surface area (Å²) in [6.45, 7) is 0. The fourth-order valence-corrected chi connectivity index (χ4v) is 2.58. The Bertz CT molecular complexity index is 1110. The van der Waals surface area contributed by atoms with Crippen LogP contribution in [0.3, 0.4) is 0 Å². The van der Waals surface area contributed by atoms with E-state index in [1.54, 1.807) is 6.07 Å². The number of aromatic nitrogens is 2. The summed E-state index contributed by atoms with van der Waals surface area (Å²) >= 11 is 0. The van der Waals surface area contributed by atoms with Gasteiger partial charge in [-0.1, -0.05) is 18.2 Å². The minimum absolute atomic E-state index is 0.124. The number of nitrogens with zero attached hydrogens (tertiary/aromatic N) is 2. The summed E-state index contributed by atoms with van der Waals surface area (Å²) in [6, 6.07) is 21.7. The van der Waals surface area contributed by atoms with Crippen LogP contribution in [0.4, 0.5) is 31.9 Å². The van der Waals surface area contributed by atoms with Gasteiger partial charge in [-0.05, 0) is 54.6 Å². The zero-order chi connectivity index (χ0) is 20.1. The van der Waals surface area contributed by atoms with Gasteiger partial charge >= 0.3 is 0 Å². The van der Waals surface area contributed by atoms with Crippen molar-refractivity contribution in [2.75, 3.05) is 10.6 Å². The monoisotopic (exact) mass is 390 g/mol. The molecule has 1 heterocycles. The maximum absolute atomic E-state index is 13.8. The Morgan fingerprint density at radius 3 is 2.28 bits per heavy atom. The normalized spacial score (nSPS) is 10.4. The van der Waals surface area contributed by atoms with Gasteiger partial charge in [0.1, 0.15) is 29.0 Å². The van der Waals surface area contributed by atoms with Crippen LogP contribution in [-0.4, -0.2) is 9.97 Å². The van der Waals surface area contributed by atoms with Gasteiger partial charge in [-0.15, -0.1) is 0 Å². The Kier molecular flexibility index (Phi) is 5.29. The van der Waals surface area contributed by atoms with Crippen LogP contribution >= 0.6 is 0 Å². The molecule has 0 saturated carbocycles. The number of ether oxygens (including phenoxy) is 1. The minimum Gasteiger partial charge on any atom is -0.457 e. The lowest BCUT2D eigenvalue weighted by atomic mass is 10.3. The van der Waals surface area contributed by atoms with Crippen molar-refractivity contribution in [1.29, 1.82) is 0 Å². The second-order valence-corrected chi connectivity index (χ2v) is 6.08. The van der Waals surface area contributed by atoms with E-state index >= 15 is 0 Å². The fraction of sp³-hybridized carbons (Fsp3) is 0. The Balaban J connectivity index is 1.43. The Morgan fingerprint density at radius 1 is 0.759 bits per heavy atom. The Morgan fingerprint density at radius 2 is 1.52 bits per heavy atom. The third-order valence-corrected chi connectivity index (χ3v) is 3.94. The molecule has 0 aliphatic heterocycles. The molecule has 0 aliphatic rings. The van der Waals surface area contributed by atoms with Crippen molar-refractivity contribution in [3.05, 3.63) is 96.7 Å². The highest BCUT2D eigenvalue weighted by molar-refractivity contribution is 5.60. The van der Waals surface area contributed by atoms with Gasteiger partial charge in [0.25, 0.3) is 0 Å². The predicted molar refractivity (Wildman–Crippen MR) is 108 cm³/mol. The van der Waals surface area contributed by atoms with Crippen LogP contribution in [0.2, 0.25) is 0 Å². The lowest BCUT2D eigenvalue weighted by Gasteiger charge is -2.10. The number of anilines is 4. The average Bonchev–Trinajstić information content (AvgIpc) is 2.73. The first-order chi connectivity index (χ1) is 14.2. The van der Waals surface area contributed by atoms with Crippen molar-refractivity contribution >= 4 is 23.1 Å². The molecule has 4 aromatic rings. The molecule has 0 spiro atoms. The topological polar surface area (TPSA) is 59.1 Å². The zero-order valence-electron chi connectivity index (χ0n) is 15.1. The molecule has 0 amide bonds. The lowest BCUT2D eigenvalue weighted by molar-refractivity contribution is 0.483. The van der Waals surface area contributed by atoms with Crippen molar-refractivity contribution in [3.8, 4) is 11.5 Å². The van der Waals surface area contributed by atoms with Gasteiger partial charge < -0.3 is 15.4 Å². The first kappa shape index (κ1) is 18.4. The van der Waals surface area contributed by atoms with Crippen LogP contribution in [0.25, 0.3) is 0 Å². The molecule has 0 atom stereocenters. The molecule has 0 unspecified atom stereocenters. The summed E-state index contributed by atoms with van der Waals surface area (Å²) in [5.41, 5.74) is 0.883. The summed E-state index contributed by atoms with van der Waals surface area (Å²) in [4.78, 5) is 8.45. The van der Waals surface area contributed by atoms with Crippen molar-refractivity contribution in [2.24, 2.45) is 0 Å². The molecule has 4 rings (SSSR count). The van der Waals surface area contributed by atoms with Crippen molar-refractivity contribution in [3.63, 3.8) is 0 Å². The molecule has 0 fully saturated rings. The molecule has 0 radical (unpaired) electrons. The number of para-hydroxylation sites is 1. The molecule has 3 aromatic carbocycles. The Hall–Kier alpha value is -4.00. The van der Waals surface area contributed by atoms with Gasteiger partial charge in [-0.2, -0.15) is 4.98 Å². The third-order valence-electron chi connectivity index (χ3n) is 3.94. The van der Waals surface area contributed by atoms with Gasteiger partial charge in [0.05, 0.1) is 5.69 Å². The molecular weight excluding hydrogens is 374 g/mol. The smallest absolute Gasteiger partial charge is 0.229 e. The highest BCUT2D eigenvalue weighted by Gasteiger charge is 2.06. The van der Waals surface area contributed by atoms with Gasteiger partial charge in [-0.3, -0.25) is 0 Å². The SMILES string of the molecule is Fc1ccc(Nc2ccnc(Nc3ccc(Oc4ccccc4)cc3)n2)c(F)c1. The highest BCUT2D eigenvalue weighted by atomic mass is 19.1. The molecule has 0 bridgehead atoms. The van der Waals surface area contributed by atoms with Gasteiger partial charge in [-0.25, -0.2) is 13.8 Å². The van der Waals surface area contributed by atoms with E-state index in [-0.39, 0.29) is 5.69 Å². The molecular formula is C22H16F2N4O. The van der Waals surface area contributed by atoms with Crippen LogP contribution < -0.4 is 15.4 Å². The van der Waals surface area contributed by atoms with E-state index in [2.05, 4.69) is 20.6 Å². The van der Waals surface area contributed by atoms with Gasteiger partial charge in [0.15, 0.2) is 0 Å². The van der Waals surface area contributed by atoms with Crippen molar-refractivity contribution < 1.29 is 13.5 Å². The minimum atomic E-state index is -0.702. The molecule has 5 nitrogen and oxygen atoms in total. The maximum Gasteiger partial charge on any atom is 0.229 e. The van der Waals surface area contributed by atoms with Gasteiger partial charge in [0, 0.05) is 18.0 Å². The van der Waals surface area contributed by atoms with Gasteiger partial charge in [0.2, 0.25) is 5.95 Å². The fourth-order valence-electron chi connectivity index (χ4n) is 2.58. The maximum atomic E-state index is 13.8.